The van der Waals surface area contributed by atoms with Crippen molar-refractivity contribution in [2.75, 3.05) is 13.2 Å². The predicted molar refractivity (Wildman–Crippen MR) is 145 cm³/mol. The van der Waals surface area contributed by atoms with Crippen molar-refractivity contribution >= 4 is 29.1 Å². The number of hydrogen-bond acceptors (Lipinski definition) is 5. The van der Waals surface area contributed by atoms with Gasteiger partial charge in [-0.25, -0.2) is 4.79 Å². The highest BCUT2D eigenvalue weighted by Gasteiger charge is 2.13. The fourth-order valence-corrected chi connectivity index (χ4v) is 4.67. The van der Waals surface area contributed by atoms with Crippen molar-refractivity contribution in [2.45, 2.75) is 92.0 Å². The Morgan fingerprint density at radius 2 is 1.60 bits per heavy atom. The van der Waals surface area contributed by atoms with E-state index in [1.807, 2.05) is 11.5 Å². The molecule has 0 amide bonds. The Balaban J connectivity index is 1.69. The van der Waals surface area contributed by atoms with Gasteiger partial charge in [-0.3, -0.25) is 0 Å². The fraction of sp³-hybridized carbons (Fsp3) is 0.552. The molecule has 35 heavy (non-hydrogen) atoms. The Morgan fingerprint density at radius 3 is 2.14 bits per heavy atom. The first-order chi connectivity index (χ1) is 16.8. The summed E-state index contributed by atoms with van der Waals surface area (Å²) < 4.78 is 13.9. The van der Waals surface area contributed by atoms with Crippen LogP contribution in [0.5, 0.6) is 5.75 Å². The maximum Gasteiger partial charge on any atom is 0.333 e. The van der Waals surface area contributed by atoms with Gasteiger partial charge in [0.25, 0.3) is 0 Å². The first kappa shape index (κ1) is 28.6. The third-order valence-electron chi connectivity index (χ3n) is 6.38. The Kier molecular flexibility index (Phi) is 12.0. The number of carbonyl (C=O) groups excluding carboxylic acids is 1. The number of rotatable bonds is 15. The number of nitriles is 1. The summed E-state index contributed by atoms with van der Waals surface area (Å²) in [6.07, 6.45) is 10.4. The molecule has 1 aromatic heterocycles. The number of fused-ring (bicyclic) bond motifs is 1. The Labute approximate surface area is 215 Å². The van der Waals surface area contributed by atoms with Crippen molar-refractivity contribution in [3.05, 3.63) is 45.6 Å². The molecule has 0 aliphatic rings. The first-order valence-corrected chi connectivity index (χ1v) is 13.3. The summed E-state index contributed by atoms with van der Waals surface area (Å²) in [4.78, 5) is 11.3. The number of pyridine rings is 1. The minimum atomic E-state index is -0.288. The van der Waals surface area contributed by atoms with Gasteiger partial charge in [0.15, 0.2) is 0 Å². The molecule has 0 aliphatic carbocycles. The Hall–Kier alpha value is -2.65. The zero-order chi connectivity index (χ0) is 25.8. The second-order valence-electron chi connectivity index (χ2n) is 9.24. The molecule has 0 saturated carbocycles. The van der Waals surface area contributed by atoms with Crippen LogP contribution in [-0.4, -0.2) is 23.8 Å². The Morgan fingerprint density at radius 1 is 1.03 bits per heavy atom. The molecule has 0 spiro atoms. The fourth-order valence-electron chi connectivity index (χ4n) is 4.25. The number of esters is 1. The van der Waals surface area contributed by atoms with Crippen molar-refractivity contribution < 1.29 is 14.3 Å². The van der Waals surface area contributed by atoms with Gasteiger partial charge in [0.2, 0.25) is 0 Å². The first-order valence-electron chi connectivity index (χ1n) is 12.8. The molecule has 0 radical (unpaired) electrons. The van der Waals surface area contributed by atoms with Gasteiger partial charge in [-0.15, -0.1) is 0 Å². The molecule has 0 bridgehead atoms. The maximum atomic E-state index is 11.3. The molecule has 0 saturated heterocycles. The van der Waals surface area contributed by atoms with E-state index in [9.17, 15) is 10.1 Å². The van der Waals surface area contributed by atoms with Crippen LogP contribution >= 0.6 is 12.2 Å². The van der Waals surface area contributed by atoms with Crippen LogP contribution < -0.4 is 4.74 Å². The van der Waals surface area contributed by atoms with Gasteiger partial charge in [-0.05, 0) is 63.8 Å². The van der Waals surface area contributed by atoms with Crippen molar-refractivity contribution in [3.8, 4) is 11.8 Å². The number of unbranched alkanes of at least 4 members (excludes halogenated alkanes) is 8. The van der Waals surface area contributed by atoms with Crippen LogP contribution in [0.1, 0.15) is 88.3 Å². The van der Waals surface area contributed by atoms with E-state index in [1.165, 1.54) is 32.1 Å². The van der Waals surface area contributed by atoms with E-state index in [2.05, 4.69) is 38.6 Å². The van der Waals surface area contributed by atoms with E-state index >= 15 is 0 Å². The average Bonchev–Trinajstić information content (AvgIpc) is 2.83. The number of aromatic nitrogens is 1. The maximum absolute atomic E-state index is 11.3. The van der Waals surface area contributed by atoms with Gasteiger partial charge in [0.05, 0.1) is 18.8 Å². The van der Waals surface area contributed by atoms with E-state index in [4.69, 9.17) is 21.7 Å². The molecule has 5 nitrogen and oxygen atoms in total. The quantitative estimate of drug-likeness (QED) is 0.109. The van der Waals surface area contributed by atoms with Crippen LogP contribution in [0.3, 0.4) is 0 Å². The molecular weight excluding hydrogens is 456 g/mol. The summed E-state index contributed by atoms with van der Waals surface area (Å²) in [6.45, 7) is 13.3. The van der Waals surface area contributed by atoms with Crippen molar-refractivity contribution in [1.29, 1.82) is 5.26 Å². The van der Waals surface area contributed by atoms with Crippen LogP contribution in [0.4, 0.5) is 0 Å². The normalized spacial score (nSPS) is 10.8. The molecular formula is C29H40N2O3S. The predicted octanol–water partition coefficient (Wildman–Crippen LogP) is 7.89. The largest absolute Gasteiger partial charge is 0.493 e. The molecule has 0 aliphatic heterocycles. The van der Waals surface area contributed by atoms with E-state index < -0.39 is 0 Å². The van der Waals surface area contributed by atoms with Gasteiger partial charge < -0.3 is 14.0 Å². The lowest BCUT2D eigenvalue weighted by Gasteiger charge is -2.17. The molecule has 0 N–H and O–H groups in total. The zero-order valence-electron chi connectivity index (χ0n) is 21.9. The van der Waals surface area contributed by atoms with Crippen LogP contribution in [0.25, 0.3) is 10.9 Å². The molecule has 6 heteroatoms. The van der Waals surface area contributed by atoms with Gasteiger partial charge in [-0.2, -0.15) is 5.26 Å². The minimum Gasteiger partial charge on any atom is -0.493 e. The van der Waals surface area contributed by atoms with Crippen LogP contribution in [-0.2, 0) is 16.1 Å². The molecule has 1 aromatic carbocycles. The number of benzene rings is 1. The third-order valence-corrected chi connectivity index (χ3v) is 6.80. The molecule has 0 unspecified atom stereocenters. The lowest BCUT2D eigenvalue weighted by molar-refractivity contribution is -0.139. The number of ether oxygens (including phenoxy) is 2. The summed E-state index contributed by atoms with van der Waals surface area (Å²) in [5.74, 6) is 0.599. The second kappa shape index (κ2) is 14.7. The van der Waals surface area contributed by atoms with Gasteiger partial charge in [-0.1, -0.05) is 63.7 Å². The topological polar surface area (TPSA) is 64.2 Å². The Bertz CT molecular complexity index is 1130. The molecule has 0 atom stereocenters. The van der Waals surface area contributed by atoms with E-state index in [1.54, 1.807) is 6.92 Å². The lowest BCUT2D eigenvalue weighted by atomic mass is 10.0. The summed E-state index contributed by atoms with van der Waals surface area (Å²) in [7, 11) is 0. The van der Waals surface area contributed by atoms with Crippen LogP contribution in [0.15, 0.2) is 24.3 Å². The summed E-state index contributed by atoms with van der Waals surface area (Å²) in [6, 6.07) is 6.48. The summed E-state index contributed by atoms with van der Waals surface area (Å²) >= 11 is 5.55. The van der Waals surface area contributed by atoms with E-state index in [0.29, 0.717) is 29.0 Å². The van der Waals surface area contributed by atoms with E-state index in [-0.39, 0.29) is 5.97 Å². The number of carbonyl (C=O) groups is 1. The van der Waals surface area contributed by atoms with E-state index in [0.717, 1.165) is 60.0 Å². The second-order valence-corrected chi connectivity index (χ2v) is 9.63. The van der Waals surface area contributed by atoms with Crippen molar-refractivity contribution in [3.63, 3.8) is 0 Å². The summed E-state index contributed by atoms with van der Waals surface area (Å²) in [5.41, 5.74) is 4.12. The molecule has 2 aromatic rings. The minimum absolute atomic E-state index is 0.288. The smallest absolute Gasteiger partial charge is 0.333 e. The number of aryl methyl sites for hydroxylation is 3. The average molecular weight is 497 g/mol. The van der Waals surface area contributed by atoms with Gasteiger partial charge >= 0.3 is 5.97 Å². The zero-order valence-corrected chi connectivity index (χ0v) is 22.7. The van der Waals surface area contributed by atoms with Crippen molar-refractivity contribution in [2.24, 2.45) is 0 Å². The monoisotopic (exact) mass is 496 g/mol. The van der Waals surface area contributed by atoms with Crippen LogP contribution in [0, 0.1) is 29.8 Å². The molecule has 1 heterocycles. The van der Waals surface area contributed by atoms with Gasteiger partial charge in [0.1, 0.15) is 16.5 Å². The highest BCUT2D eigenvalue weighted by Crippen LogP contribution is 2.30. The highest BCUT2D eigenvalue weighted by molar-refractivity contribution is 7.71. The summed E-state index contributed by atoms with van der Waals surface area (Å²) in [5, 5.41) is 10.6. The lowest BCUT2D eigenvalue weighted by Crippen LogP contribution is -2.06. The number of nitrogens with zero attached hydrogens (tertiary/aromatic N) is 2. The third kappa shape index (κ3) is 8.21. The van der Waals surface area contributed by atoms with Crippen molar-refractivity contribution in [1.82, 2.24) is 4.57 Å². The van der Waals surface area contributed by atoms with Gasteiger partial charge in [0, 0.05) is 23.0 Å². The SMILES string of the molecule is C=C(C)C(=O)OCCCCCCCCCCCOc1cc2c(C)c(C#N)c(=S)n(CC)c2cc1C. The highest BCUT2D eigenvalue weighted by atomic mass is 32.1. The standard InChI is InChI=1S/C29H40N2O3S/c1-6-31-26-18-22(4)27(19-24(26)23(5)25(20-30)28(31)35)33-16-14-12-10-8-7-9-11-13-15-17-34-29(32)21(2)3/h18-19H,2,6-17H2,1,3-5H3. The molecule has 2 rings (SSSR count). The van der Waals surface area contributed by atoms with Crippen LogP contribution in [0.2, 0.25) is 0 Å². The molecule has 190 valence electrons. The molecule has 0 fully saturated rings. The number of hydrogen-bond donors (Lipinski definition) is 0.